The lowest BCUT2D eigenvalue weighted by Gasteiger charge is -2.20. The molecule has 0 spiro atoms. The van der Waals surface area contributed by atoms with Crippen LogP contribution in [0.25, 0.3) is 0 Å². The Balaban J connectivity index is 2.96. The third-order valence-electron chi connectivity index (χ3n) is 2.18. The molecule has 1 unspecified atom stereocenters. The maximum atomic E-state index is 12.1. The van der Waals surface area contributed by atoms with E-state index in [4.69, 9.17) is 11.6 Å². The highest BCUT2D eigenvalue weighted by atomic mass is 35.5. The van der Waals surface area contributed by atoms with Gasteiger partial charge in [-0.05, 0) is 18.2 Å². The molecule has 0 saturated heterocycles. The fraction of sp³-hybridized carbons (Fsp3) is 0.455. The number of rotatable bonds is 4. The van der Waals surface area contributed by atoms with E-state index < -0.39 is 22.6 Å². The summed E-state index contributed by atoms with van der Waals surface area (Å²) < 4.78 is 23.4. The first kappa shape index (κ1) is 13.7. The summed E-state index contributed by atoms with van der Waals surface area (Å²) in [7, 11) is -4.85. The van der Waals surface area contributed by atoms with E-state index >= 15 is 0 Å². The molecule has 0 aliphatic heterocycles. The largest absolute Gasteiger partial charge is 0.222 e. The fourth-order valence-corrected chi connectivity index (χ4v) is 7.22. The second-order valence-electron chi connectivity index (χ2n) is 5.03. The van der Waals surface area contributed by atoms with Gasteiger partial charge in [0.2, 0.25) is 0 Å². The van der Waals surface area contributed by atoms with Crippen LogP contribution in [-0.4, -0.2) is 21.2 Å². The normalized spacial score (nSPS) is 14.8. The van der Waals surface area contributed by atoms with Crippen molar-refractivity contribution in [1.82, 2.24) is 0 Å². The summed E-state index contributed by atoms with van der Waals surface area (Å²) in [5.74, 6) is 0. The average Bonchev–Trinajstić information content (AvgIpc) is 2.16. The van der Waals surface area contributed by atoms with Crippen LogP contribution in [0.5, 0.6) is 0 Å². The molecule has 0 fully saturated rings. The van der Waals surface area contributed by atoms with Crippen molar-refractivity contribution in [3.63, 3.8) is 0 Å². The molecule has 90 valence electrons. The first-order chi connectivity index (χ1) is 7.23. The standard InChI is InChI=1S/C11H17ClO2SSi/c1-16(2,3)9-11(12)15(13,14)10-7-5-4-6-8-10/h4-8,11H,9H2,1-3H3. The monoisotopic (exact) mass is 276 g/mol. The van der Waals surface area contributed by atoms with E-state index in [-0.39, 0.29) is 0 Å². The van der Waals surface area contributed by atoms with Gasteiger partial charge in [0.05, 0.1) is 4.90 Å². The van der Waals surface area contributed by atoms with E-state index in [9.17, 15) is 8.42 Å². The summed E-state index contributed by atoms with van der Waals surface area (Å²) in [6.45, 7) is 6.34. The highest BCUT2D eigenvalue weighted by Gasteiger charge is 2.30. The lowest BCUT2D eigenvalue weighted by molar-refractivity contribution is 0.594. The summed E-state index contributed by atoms with van der Waals surface area (Å²) in [6.07, 6.45) is 0. The fourth-order valence-electron chi connectivity index (χ4n) is 1.35. The SMILES string of the molecule is C[Si](C)(C)CC(Cl)S(=O)(=O)c1ccccc1. The minimum absolute atomic E-state index is 0.313. The zero-order valence-corrected chi connectivity index (χ0v) is 12.3. The predicted octanol–water partition coefficient (Wildman–Crippen LogP) is 3.36. The van der Waals surface area contributed by atoms with E-state index in [0.29, 0.717) is 10.9 Å². The van der Waals surface area contributed by atoms with Crippen molar-refractivity contribution in [2.45, 2.75) is 35.3 Å². The molecular formula is C11H17ClO2SSi. The topological polar surface area (TPSA) is 34.1 Å². The van der Waals surface area contributed by atoms with Crippen LogP contribution in [0.15, 0.2) is 35.2 Å². The molecule has 5 heteroatoms. The van der Waals surface area contributed by atoms with Crippen LogP contribution in [-0.2, 0) is 9.84 Å². The number of alkyl halides is 1. The summed E-state index contributed by atoms with van der Waals surface area (Å²) in [6, 6.07) is 8.98. The van der Waals surface area contributed by atoms with Crippen molar-refractivity contribution in [3.8, 4) is 0 Å². The molecule has 0 saturated carbocycles. The van der Waals surface area contributed by atoms with Gasteiger partial charge in [0.15, 0.2) is 9.84 Å². The van der Waals surface area contributed by atoms with Gasteiger partial charge in [-0.25, -0.2) is 8.42 Å². The number of hydrogen-bond donors (Lipinski definition) is 0. The van der Waals surface area contributed by atoms with Gasteiger partial charge in [0, 0.05) is 8.07 Å². The van der Waals surface area contributed by atoms with Crippen LogP contribution >= 0.6 is 11.6 Å². The van der Waals surface area contributed by atoms with Gasteiger partial charge in [-0.3, -0.25) is 0 Å². The molecule has 0 aromatic heterocycles. The minimum Gasteiger partial charge on any atom is -0.222 e. The van der Waals surface area contributed by atoms with Crippen molar-refractivity contribution in [2.24, 2.45) is 0 Å². The first-order valence-corrected chi connectivity index (χ1v) is 10.9. The summed E-state index contributed by atoms with van der Waals surface area (Å²) in [5.41, 5.74) is 0. The molecule has 16 heavy (non-hydrogen) atoms. The molecule has 0 aliphatic rings. The number of hydrogen-bond acceptors (Lipinski definition) is 2. The smallest absolute Gasteiger partial charge is 0.194 e. The summed E-state index contributed by atoms with van der Waals surface area (Å²) >= 11 is 6.04. The molecule has 0 aliphatic carbocycles. The van der Waals surface area contributed by atoms with Gasteiger partial charge < -0.3 is 0 Å². The van der Waals surface area contributed by atoms with Crippen molar-refractivity contribution >= 4 is 29.5 Å². The highest BCUT2D eigenvalue weighted by molar-refractivity contribution is 7.93. The molecule has 2 nitrogen and oxygen atoms in total. The van der Waals surface area contributed by atoms with Crippen molar-refractivity contribution in [1.29, 1.82) is 0 Å². The van der Waals surface area contributed by atoms with Crippen LogP contribution in [0.1, 0.15) is 0 Å². The second-order valence-corrected chi connectivity index (χ2v) is 13.5. The van der Waals surface area contributed by atoms with Crippen molar-refractivity contribution in [2.75, 3.05) is 0 Å². The molecule has 1 aromatic rings. The molecule has 1 aromatic carbocycles. The molecule has 1 atom stereocenters. The Labute approximate surface area is 104 Å². The Kier molecular flexibility index (Phi) is 4.21. The maximum Gasteiger partial charge on any atom is 0.194 e. The van der Waals surface area contributed by atoms with Crippen molar-refractivity contribution in [3.05, 3.63) is 30.3 Å². The van der Waals surface area contributed by atoms with Gasteiger partial charge in [-0.1, -0.05) is 37.8 Å². The zero-order chi connectivity index (χ0) is 12.4. The molecule has 0 amide bonds. The average molecular weight is 277 g/mol. The van der Waals surface area contributed by atoms with Crippen LogP contribution in [0, 0.1) is 0 Å². The number of sulfone groups is 1. The lowest BCUT2D eigenvalue weighted by Crippen LogP contribution is -2.28. The molecule has 0 N–H and O–H groups in total. The van der Waals surface area contributed by atoms with E-state index in [1.165, 1.54) is 0 Å². The highest BCUT2D eigenvalue weighted by Crippen LogP contribution is 2.26. The Morgan fingerprint density at radius 3 is 2.12 bits per heavy atom. The Morgan fingerprint density at radius 1 is 1.19 bits per heavy atom. The zero-order valence-electron chi connectivity index (χ0n) is 9.77. The quantitative estimate of drug-likeness (QED) is 0.624. The maximum absolute atomic E-state index is 12.1. The molecule has 0 radical (unpaired) electrons. The lowest BCUT2D eigenvalue weighted by atomic mass is 10.4. The molecule has 0 heterocycles. The molecule has 0 bridgehead atoms. The Bertz CT molecular complexity index is 437. The first-order valence-electron chi connectivity index (χ1n) is 5.16. The Morgan fingerprint density at radius 2 is 1.69 bits per heavy atom. The van der Waals surface area contributed by atoms with Crippen LogP contribution < -0.4 is 0 Å². The van der Waals surface area contributed by atoms with Gasteiger partial charge in [0.25, 0.3) is 0 Å². The third kappa shape index (κ3) is 3.61. The van der Waals surface area contributed by atoms with E-state index in [1.807, 2.05) is 0 Å². The van der Waals surface area contributed by atoms with Gasteiger partial charge in [-0.15, -0.1) is 11.6 Å². The summed E-state index contributed by atoms with van der Waals surface area (Å²) in [4.78, 5) is 0.313. The van der Waals surface area contributed by atoms with E-state index in [2.05, 4.69) is 19.6 Å². The van der Waals surface area contributed by atoms with Crippen molar-refractivity contribution < 1.29 is 8.42 Å². The minimum atomic E-state index is -3.37. The Hall–Kier alpha value is -0.323. The summed E-state index contributed by atoms with van der Waals surface area (Å²) in [5, 5.41) is 0. The molecule has 1 rings (SSSR count). The van der Waals surface area contributed by atoms with Crippen LogP contribution in [0.3, 0.4) is 0 Å². The third-order valence-corrected chi connectivity index (χ3v) is 7.00. The number of benzene rings is 1. The molecular weight excluding hydrogens is 260 g/mol. The van der Waals surface area contributed by atoms with Gasteiger partial charge >= 0.3 is 0 Å². The predicted molar refractivity (Wildman–Crippen MR) is 71.4 cm³/mol. The van der Waals surface area contributed by atoms with Crippen LogP contribution in [0.2, 0.25) is 25.7 Å². The van der Waals surface area contributed by atoms with E-state index in [0.717, 1.165) is 0 Å². The number of halogens is 1. The van der Waals surface area contributed by atoms with Gasteiger partial charge in [0.1, 0.15) is 4.71 Å². The van der Waals surface area contributed by atoms with Crippen LogP contribution in [0.4, 0.5) is 0 Å². The second kappa shape index (κ2) is 4.90. The van der Waals surface area contributed by atoms with E-state index in [1.54, 1.807) is 30.3 Å². The van der Waals surface area contributed by atoms with Gasteiger partial charge in [-0.2, -0.15) is 0 Å².